The molecule has 2 aliphatic rings. The second-order valence-corrected chi connectivity index (χ2v) is 5.18. The zero-order valence-electron chi connectivity index (χ0n) is 7.59. The summed E-state index contributed by atoms with van der Waals surface area (Å²) in [6, 6.07) is 7.00. The van der Waals surface area contributed by atoms with E-state index in [9.17, 15) is 0 Å². The first-order chi connectivity index (χ1) is 6.34. The number of hydrogen-bond donors (Lipinski definition) is 0. The molecule has 0 bridgehead atoms. The molecular formula is C12H13Br. The van der Waals surface area contributed by atoms with Crippen LogP contribution in [-0.2, 0) is 0 Å². The maximum Gasteiger partial charge on any atom is 0.0212 e. The first kappa shape index (κ1) is 8.05. The molecule has 0 saturated heterocycles. The van der Waals surface area contributed by atoms with Gasteiger partial charge in [0, 0.05) is 4.47 Å². The fourth-order valence-corrected chi connectivity index (χ4v) is 2.66. The summed E-state index contributed by atoms with van der Waals surface area (Å²) in [5, 5.41) is 0. The van der Waals surface area contributed by atoms with Gasteiger partial charge in [0.05, 0.1) is 0 Å². The molecule has 68 valence electrons. The molecule has 2 aliphatic carbocycles. The molecule has 1 aromatic carbocycles. The molecule has 0 aliphatic heterocycles. The molecule has 0 heterocycles. The van der Waals surface area contributed by atoms with Crippen molar-refractivity contribution in [2.24, 2.45) is 0 Å². The molecule has 2 saturated carbocycles. The fraction of sp³-hybridized carbons (Fsp3) is 0.500. The summed E-state index contributed by atoms with van der Waals surface area (Å²) < 4.78 is 1.35. The van der Waals surface area contributed by atoms with Crippen molar-refractivity contribution in [2.75, 3.05) is 0 Å². The molecule has 0 atom stereocenters. The summed E-state index contributed by atoms with van der Waals surface area (Å²) in [5.74, 6) is 1.74. The number of rotatable bonds is 2. The second-order valence-electron chi connectivity index (χ2n) is 4.33. The van der Waals surface area contributed by atoms with Crippen molar-refractivity contribution in [3.63, 3.8) is 0 Å². The van der Waals surface area contributed by atoms with Crippen LogP contribution in [0, 0.1) is 0 Å². The van der Waals surface area contributed by atoms with E-state index in [1.807, 2.05) is 0 Å². The maximum absolute atomic E-state index is 3.68. The largest absolute Gasteiger partial charge is 0.0584 e. The smallest absolute Gasteiger partial charge is 0.0212 e. The summed E-state index contributed by atoms with van der Waals surface area (Å²) in [7, 11) is 0. The number of hydrogen-bond acceptors (Lipinski definition) is 0. The van der Waals surface area contributed by atoms with Gasteiger partial charge in [-0.05, 0) is 54.7 Å². The van der Waals surface area contributed by atoms with E-state index in [-0.39, 0.29) is 0 Å². The Bertz CT molecular complexity index is 335. The van der Waals surface area contributed by atoms with Crippen LogP contribution >= 0.6 is 15.9 Å². The van der Waals surface area contributed by atoms with E-state index in [0.29, 0.717) is 0 Å². The molecule has 0 spiro atoms. The lowest BCUT2D eigenvalue weighted by atomic mass is 10.1. The van der Waals surface area contributed by atoms with Gasteiger partial charge >= 0.3 is 0 Å². The van der Waals surface area contributed by atoms with Gasteiger partial charge in [0.1, 0.15) is 0 Å². The molecular weight excluding hydrogens is 224 g/mol. The van der Waals surface area contributed by atoms with Crippen LogP contribution in [0.25, 0.3) is 0 Å². The summed E-state index contributed by atoms with van der Waals surface area (Å²) in [5.41, 5.74) is 3.07. The first-order valence-corrected chi connectivity index (χ1v) is 5.93. The SMILES string of the molecule is Brc1cc(C2CC2)ccc1C1CC1. The van der Waals surface area contributed by atoms with Gasteiger partial charge < -0.3 is 0 Å². The van der Waals surface area contributed by atoms with Crippen molar-refractivity contribution in [1.82, 2.24) is 0 Å². The summed E-state index contributed by atoms with van der Waals surface area (Å²) >= 11 is 3.68. The lowest BCUT2D eigenvalue weighted by Crippen LogP contribution is -1.85. The highest BCUT2D eigenvalue weighted by Crippen LogP contribution is 2.46. The standard InChI is InChI=1S/C12H13Br/c13-12-7-10(8-1-2-8)5-6-11(12)9-3-4-9/h5-9H,1-4H2. The highest BCUT2D eigenvalue weighted by Gasteiger charge is 2.28. The zero-order valence-corrected chi connectivity index (χ0v) is 9.18. The molecule has 0 amide bonds. The molecule has 0 radical (unpaired) electrons. The van der Waals surface area contributed by atoms with Crippen LogP contribution in [0.4, 0.5) is 0 Å². The van der Waals surface area contributed by atoms with Crippen LogP contribution in [0.1, 0.15) is 48.6 Å². The second kappa shape index (κ2) is 2.84. The molecule has 0 nitrogen and oxygen atoms in total. The van der Waals surface area contributed by atoms with Crippen LogP contribution in [0.2, 0.25) is 0 Å². The Morgan fingerprint density at radius 2 is 1.69 bits per heavy atom. The third kappa shape index (κ3) is 1.54. The minimum absolute atomic E-state index is 0.864. The molecule has 0 unspecified atom stereocenters. The van der Waals surface area contributed by atoms with E-state index in [2.05, 4.69) is 34.1 Å². The molecule has 1 heteroatoms. The number of benzene rings is 1. The topological polar surface area (TPSA) is 0 Å². The number of halogens is 1. The van der Waals surface area contributed by atoms with Crippen LogP contribution in [0.15, 0.2) is 22.7 Å². The van der Waals surface area contributed by atoms with E-state index in [1.165, 1.54) is 41.3 Å². The molecule has 3 rings (SSSR count). The summed E-state index contributed by atoms with van der Waals surface area (Å²) in [4.78, 5) is 0. The Labute approximate surface area is 87.5 Å². The van der Waals surface area contributed by atoms with E-state index in [4.69, 9.17) is 0 Å². The van der Waals surface area contributed by atoms with E-state index in [1.54, 1.807) is 0 Å². The van der Waals surface area contributed by atoms with Gasteiger partial charge in [-0.15, -0.1) is 0 Å². The minimum Gasteiger partial charge on any atom is -0.0584 e. The molecule has 0 N–H and O–H groups in total. The van der Waals surface area contributed by atoms with Crippen LogP contribution in [0.5, 0.6) is 0 Å². The normalized spacial score (nSPS) is 21.9. The van der Waals surface area contributed by atoms with Gasteiger partial charge in [0.2, 0.25) is 0 Å². The maximum atomic E-state index is 3.68. The summed E-state index contributed by atoms with van der Waals surface area (Å²) in [6.45, 7) is 0. The van der Waals surface area contributed by atoms with Gasteiger partial charge in [0.15, 0.2) is 0 Å². The van der Waals surface area contributed by atoms with Gasteiger partial charge in [-0.25, -0.2) is 0 Å². The first-order valence-electron chi connectivity index (χ1n) is 5.14. The highest BCUT2D eigenvalue weighted by molar-refractivity contribution is 9.10. The highest BCUT2D eigenvalue weighted by atomic mass is 79.9. The van der Waals surface area contributed by atoms with Gasteiger partial charge in [-0.2, -0.15) is 0 Å². The van der Waals surface area contributed by atoms with Gasteiger partial charge in [0.25, 0.3) is 0 Å². The van der Waals surface area contributed by atoms with E-state index >= 15 is 0 Å². The Morgan fingerprint density at radius 3 is 2.23 bits per heavy atom. The molecule has 0 aromatic heterocycles. The predicted octanol–water partition coefficient (Wildman–Crippen LogP) is 4.20. The van der Waals surface area contributed by atoms with Crippen molar-refractivity contribution in [1.29, 1.82) is 0 Å². The lowest BCUT2D eigenvalue weighted by Gasteiger charge is -2.04. The van der Waals surface area contributed by atoms with Crippen molar-refractivity contribution in [3.05, 3.63) is 33.8 Å². The van der Waals surface area contributed by atoms with Gasteiger partial charge in [-0.3, -0.25) is 0 Å². The van der Waals surface area contributed by atoms with Crippen molar-refractivity contribution in [3.8, 4) is 0 Å². The third-order valence-electron chi connectivity index (χ3n) is 3.09. The van der Waals surface area contributed by atoms with E-state index < -0.39 is 0 Å². The van der Waals surface area contributed by atoms with Crippen LogP contribution in [0.3, 0.4) is 0 Å². The lowest BCUT2D eigenvalue weighted by molar-refractivity contribution is 1.08. The monoisotopic (exact) mass is 236 g/mol. The van der Waals surface area contributed by atoms with Crippen LogP contribution in [-0.4, -0.2) is 0 Å². The minimum atomic E-state index is 0.864. The van der Waals surface area contributed by atoms with Crippen molar-refractivity contribution < 1.29 is 0 Å². The van der Waals surface area contributed by atoms with Crippen molar-refractivity contribution >= 4 is 15.9 Å². The quantitative estimate of drug-likeness (QED) is 0.722. The average molecular weight is 237 g/mol. The van der Waals surface area contributed by atoms with Crippen molar-refractivity contribution in [2.45, 2.75) is 37.5 Å². The average Bonchev–Trinajstić information content (AvgIpc) is 3.00. The zero-order chi connectivity index (χ0) is 8.84. The summed E-state index contributed by atoms with van der Waals surface area (Å²) in [6.07, 6.45) is 5.58. The van der Waals surface area contributed by atoms with E-state index in [0.717, 1.165) is 11.8 Å². The van der Waals surface area contributed by atoms with Crippen LogP contribution < -0.4 is 0 Å². The fourth-order valence-electron chi connectivity index (χ4n) is 1.94. The third-order valence-corrected chi connectivity index (χ3v) is 3.78. The van der Waals surface area contributed by atoms with Gasteiger partial charge in [-0.1, -0.05) is 28.1 Å². The Balaban J connectivity index is 1.95. The Morgan fingerprint density at radius 1 is 1.00 bits per heavy atom. The molecule has 2 fully saturated rings. The molecule has 13 heavy (non-hydrogen) atoms. The molecule has 1 aromatic rings. The Kier molecular flexibility index (Phi) is 1.76. The Hall–Kier alpha value is -0.300. The predicted molar refractivity (Wildman–Crippen MR) is 58.1 cm³/mol.